The quantitative estimate of drug-likeness (QED) is 0.419. The van der Waals surface area contributed by atoms with E-state index < -0.39 is 0 Å². The van der Waals surface area contributed by atoms with Gasteiger partial charge in [-0.25, -0.2) is 0 Å². The van der Waals surface area contributed by atoms with Gasteiger partial charge in [-0.2, -0.15) is 5.10 Å². The highest BCUT2D eigenvalue weighted by Gasteiger charge is 2.17. The number of aromatic nitrogens is 2. The highest BCUT2D eigenvalue weighted by molar-refractivity contribution is 5.79. The Morgan fingerprint density at radius 2 is 2.07 bits per heavy atom. The molecule has 2 aromatic rings. The molecule has 6 heteroatoms. The summed E-state index contributed by atoms with van der Waals surface area (Å²) in [7, 11) is 1.82. The normalized spacial score (nSPS) is 18.2. The van der Waals surface area contributed by atoms with E-state index in [2.05, 4.69) is 56.8 Å². The molecule has 2 heterocycles. The van der Waals surface area contributed by atoms with Crippen LogP contribution in [-0.2, 0) is 19.6 Å². The summed E-state index contributed by atoms with van der Waals surface area (Å²) >= 11 is 0. The van der Waals surface area contributed by atoms with Crippen molar-refractivity contribution in [2.45, 2.75) is 45.8 Å². The third kappa shape index (κ3) is 6.37. The number of aryl methyl sites for hydroxylation is 1. The fraction of sp³-hybridized carbons (Fsp3) is 0.545. The van der Waals surface area contributed by atoms with Crippen LogP contribution in [0.4, 0.5) is 0 Å². The molecule has 0 saturated carbocycles. The van der Waals surface area contributed by atoms with Gasteiger partial charge >= 0.3 is 0 Å². The van der Waals surface area contributed by atoms with Crippen LogP contribution in [0.25, 0.3) is 0 Å². The number of aliphatic imine (C=N–C) groups is 1. The molecule has 1 unspecified atom stereocenters. The maximum Gasteiger partial charge on any atom is 0.191 e. The smallest absolute Gasteiger partial charge is 0.191 e. The van der Waals surface area contributed by atoms with Crippen LogP contribution in [0.1, 0.15) is 37.3 Å². The highest BCUT2D eigenvalue weighted by Crippen LogP contribution is 2.19. The van der Waals surface area contributed by atoms with Gasteiger partial charge in [-0.3, -0.25) is 14.6 Å². The minimum absolute atomic E-state index is 0.790. The first-order chi connectivity index (χ1) is 13.7. The first-order valence-corrected chi connectivity index (χ1v) is 10.5. The van der Waals surface area contributed by atoms with Crippen molar-refractivity contribution in [3.63, 3.8) is 0 Å². The summed E-state index contributed by atoms with van der Waals surface area (Å²) in [6.07, 6.45) is 7.49. The van der Waals surface area contributed by atoms with Gasteiger partial charge in [-0.1, -0.05) is 31.2 Å². The molecule has 3 rings (SSSR count). The summed E-state index contributed by atoms with van der Waals surface area (Å²) < 4.78 is 1.95. The molecule has 0 bridgehead atoms. The molecule has 0 amide bonds. The van der Waals surface area contributed by atoms with E-state index in [1.807, 2.05) is 30.2 Å². The lowest BCUT2D eigenvalue weighted by molar-refractivity contribution is 0.176. The molecule has 1 aromatic carbocycles. The van der Waals surface area contributed by atoms with Crippen LogP contribution in [-0.4, -0.2) is 47.3 Å². The lowest BCUT2D eigenvalue weighted by Gasteiger charge is -2.31. The second-order valence-corrected chi connectivity index (χ2v) is 7.73. The van der Waals surface area contributed by atoms with Gasteiger partial charge in [0.15, 0.2) is 5.96 Å². The van der Waals surface area contributed by atoms with Crippen LogP contribution in [0.15, 0.2) is 47.7 Å². The number of hydrogen-bond acceptors (Lipinski definition) is 3. The van der Waals surface area contributed by atoms with Crippen LogP contribution < -0.4 is 10.6 Å². The average molecular weight is 383 g/mol. The van der Waals surface area contributed by atoms with E-state index in [-0.39, 0.29) is 0 Å². The van der Waals surface area contributed by atoms with Gasteiger partial charge < -0.3 is 10.6 Å². The van der Waals surface area contributed by atoms with Crippen molar-refractivity contribution in [3.05, 3.63) is 53.9 Å². The molecule has 1 aliphatic rings. The lowest BCUT2D eigenvalue weighted by Crippen LogP contribution is -2.38. The van der Waals surface area contributed by atoms with Crippen molar-refractivity contribution < 1.29 is 0 Å². The maximum atomic E-state index is 4.35. The lowest BCUT2D eigenvalue weighted by atomic mass is 9.99. The zero-order valence-corrected chi connectivity index (χ0v) is 17.3. The van der Waals surface area contributed by atoms with Crippen molar-refractivity contribution >= 4 is 5.96 Å². The van der Waals surface area contributed by atoms with Crippen LogP contribution in [0, 0.1) is 5.92 Å². The zero-order valence-electron chi connectivity index (χ0n) is 17.3. The molecular formula is C22H34N6. The zero-order chi connectivity index (χ0) is 19.6. The first-order valence-electron chi connectivity index (χ1n) is 10.5. The molecule has 1 saturated heterocycles. The van der Waals surface area contributed by atoms with Crippen molar-refractivity contribution in [1.82, 2.24) is 25.3 Å². The molecule has 152 valence electrons. The molecule has 1 aromatic heterocycles. The number of piperidine rings is 1. The number of nitrogens with one attached hydrogen (secondary N) is 2. The standard InChI is InChI=1S/C22H34N6/c1-19-8-5-13-27(17-19)18-21-10-4-3-9-20(21)16-25-22(23-2)24-11-6-14-28-15-7-12-26-28/h3-4,7,9-10,12,15,19H,5-6,8,11,13-14,16-18H2,1-2H3,(H2,23,24,25). The fourth-order valence-electron chi connectivity index (χ4n) is 3.84. The Kier molecular flexibility index (Phi) is 7.91. The van der Waals surface area contributed by atoms with E-state index >= 15 is 0 Å². The van der Waals surface area contributed by atoms with Gasteiger partial charge in [0.25, 0.3) is 0 Å². The van der Waals surface area contributed by atoms with Gasteiger partial charge in [0.1, 0.15) is 0 Å². The Labute approximate surface area is 169 Å². The Hall–Kier alpha value is -2.34. The molecular weight excluding hydrogens is 348 g/mol. The van der Waals surface area contributed by atoms with Gasteiger partial charge in [0.2, 0.25) is 0 Å². The summed E-state index contributed by atoms with van der Waals surface area (Å²) in [6.45, 7) is 8.39. The number of rotatable bonds is 8. The highest BCUT2D eigenvalue weighted by atomic mass is 15.3. The molecule has 6 nitrogen and oxygen atoms in total. The summed E-state index contributed by atoms with van der Waals surface area (Å²) in [5, 5.41) is 11.1. The predicted octanol–water partition coefficient (Wildman–Crippen LogP) is 2.87. The van der Waals surface area contributed by atoms with Gasteiger partial charge in [-0.15, -0.1) is 0 Å². The topological polar surface area (TPSA) is 57.5 Å². The van der Waals surface area contributed by atoms with Crippen molar-refractivity contribution in [2.75, 3.05) is 26.7 Å². The van der Waals surface area contributed by atoms with E-state index in [9.17, 15) is 0 Å². The minimum atomic E-state index is 0.790. The number of guanidine groups is 1. The predicted molar refractivity (Wildman–Crippen MR) is 115 cm³/mol. The van der Waals surface area contributed by atoms with Gasteiger partial charge in [-0.05, 0) is 48.9 Å². The van der Waals surface area contributed by atoms with E-state index in [0.29, 0.717) is 0 Å². The van der Waals surface area contributed by atoms with Crippen LogP contribution in [0.3, 0.4) is 0 Å². The molecule has 0 spiro atoms. The largest absolute Gasteiger partial charge is 0.356 e. The Morgan fingerprint density at radius 3 is 2.82 bits per heavy atom. The van der Waals surface area contributed by atoms with E-state index in [1.165, 1.54) is 37.1 Å². The summed E-state index contributed by atoms with van der Waals surface area (Å²) in [5.74, 6) is 1.66. The van der Waals surface area contributed by atoms with Gasteiger partial charge in [0, 0.05) is 52.2 Å². The van der Waals surface area contributed by atoms with Gasteiger partial charge in [0.05, 0.1) is 0 Å². The molecule has 1 atom stereocenters. The number of nitrogens with zero attached hydrogens (tertiary/aromatic N) is 4. The Bertz CT molecular complexity index is 724. The summed E-state index contributed by atoms with van der Waals surface area (Å²) in [4.78, 5) is 6.95. The summed E-state index contributed by atoms with van der Waals surface area (Å²) in [6, 6.07) is 10.7. The Morgan fingerprint density at radius 1 is 1.21 bits per heavy atom. The van der Waals surface area contributed by atoms with E-state index in [0.717, 1.165) is 44.5 Å². The van der Waals surface area contributed by atoms with Crippen molar-refractivity contribution in [2.24, 2.45) is 10.9 Å². The first kappa shape index (κ1) is 20.4. The fourth-order valence-corrected chi connectivity index (χ4v) is 3.84. The van der Waals surface area contributed by atoms with Crippen LogP contribution >= 0.6 is 0 Å². The van der Waals surface area contributed by atoms with Crippen LogP contribution in [0.5, 0.6) is 0 Å². The Balaban J connectivity index is 1.46. The van der Waals surface area contributed by atoms with E-state index in [4.69, 9.17) is 0 Å². The van der Waals surface area contributed by atoms with Crippen molar-refractivity contribution in [1.29, 1.82) is 0 Å². The monoisotopic (exact) mass is 382 g/mol. The number of benzene rings is 1. The SMILES string of the molecule is CN=C(NCCCn1cccn1)NCc1ccccc1CN1CCCC(C)C1. The number of hydrogen-bond donors (Lipinski definition) is 2. The molecule has 1 aliphatic heterocycles. The van der Waals surface area contributed by atoms with Crippen molar-refractivity contribution in [3.8, 4) is 0 Å². The maximum absolute atomic E-state index is 4.35. The second-order valence-electron chi connectivity index (χ2n) is 7.73. The third-order valence-electron chi connectivity index (χ3n) is 5.34. The second kappa shape index (κ2) is 10.9. The molecule has 0 aliphatic carbocycles. The minimum Gasteiger partial charge on any atom is -0.356 e. The number of likely N-dealkylation sites (tertiary alicyclic amines) is 1. The average Bonchev–Trinajstić information content (AvgIpc) is 3.22. The van der Waals surface area contributed by atoms with E-state index in [1.54, 1.807) is 0 Å². The molecule has 2 N–H and O–H groups in total. The summed E-state index contributed by atoms with van der Waals surface area (Å²) in [5.41, 5.74) is 2.76. The molecule has 1 fully saturated rings. The van der Waals surface area contributed by atoms with Crippen LogP contribution in [0.2, 0.25) is 0 Å². The molecule has 0 radical (unpaired) electrons. The molecule has 28 heavy (non-hydrogen) atoms. The third-order valence-corrected chi connectivity index (χ3v) is 5.34.